The summed E-state index contributed by atoms with van der Waals surface area (Å²) in [5.41, 5.74) is 0.956. The maximum Gasteiger partial charge on any atom is 0.290 e. The fourth-order valence-electron chi connectivity index (χ4n) is 3.80. The van der Waals surface area contributed by atoms with E-state index in [4.69, 9.17) is 11.6 Å². The standard InChI is InChI=1S/C23H33ClN2O3/c1-4-6-13-25(14-7-5-2)15-8-16-26-21(18-9-11-19(24)12-10-18)20(17(3)27)22(28)23(26)29/h9-12,21,28H,4-8,13-16H2,1-3H3/t21-/m1/s1. The van der Waals surface area contributed by atoms with Crippen molar-refractivity contribution in [2.75, 3.05) is 26.2 Å². The molecule has 0 aliphatic carbocycles. The number of hydrogen-bond acceptors (Lipinski definition) is 4. The third-order valence-corrected chi connectivity index (χ3v) is 5.65. The lowest BCUT2D eigenvalue weighted by atomic mass is 9.97. The number of amides is 1. The maximum absolute atomic E-state index is 12.7. The van der Waals surface area contributed by atoms with Gasteiger partial charge < -0.3 is 14.9 Å². The Kier molecular flexibility index (Phi) is 9.18. The summed E-state index contributed by atoms with van der Waals surface area (Å²) in [6, 6.07) is 6.54. The van der Waals surface area contributed by atoms with Crippen molar-refractivity contribution in [3.63, 3.8) is 0 Å². The van der Waals surface area contributed by atoms with Gasteiger partial charge in [-0.2, -0.15) is 0 Å². The predicted octanol–water partition coefficient (Wildman–Crippen LogP) is 4.92. The Balaban J connectivity index is 2.13. The molecule has 6 heteroatoms. The minimum atomic E-state index is -0.558. The van der Waals surface area contributed by atoms with Crippen LogP contribution in [0.3, 0.4) is 0 Å². The van der Waals surface area contributed by atoms with E-state index in [1.54, 1.807) is 17.0 Å². The Morgan fingerprint density at radius 1 is 1.07 bits per heavy atom. The van der Waals surface area contributed by atoms with Crippen LogP contribution >= 0.6 is 11.6 Å². The number of carbonyl (C=O) groups is 2. The van der Waals surface area contributed by atoms with Gasteiger partial charge in [-0.25, -0.2) is 0 Å². The number of hydrogen-bond donors (Lipinski definition) is 1. The van der Waals surface area contributed by atoms with Gasteiger partial charge >= 0.3 is 0 Å². The Morgan fingerprint density at radius 2 is 1.62 bits per heavy atom. The largest absolute Gasteiger partial charge is 0.503 e. The van der Waals surface area contributed by atoms with Gasteiger partial charge in [0, 0.05) is 11.6 Å². The summed E-state index contributed by atoms with van der Waals surface area (Å²) in [6.45, 7) is 9.28. The van der Waals surface area contributed by atoms with Gasteiger partial charge in [0.15, 0.2) is 11.5 Å². The first kappa shape index (κ1) is 23.4. The van der Waals surface area contributed by atoms with Crippen LogP contribution in [0.25, 0.3) is 0 Å². The highest BCUT2D eigenvalue weighted by Crippen LogP contribution is 2.38. The number of aliphatic hydroxyl groups excluding tert-OH is 1. The maximum atomic E-state index is 12.7. The Labute approximate surface area is 179 Å². The lowest BCUT2D eigenvalue weighted by Gasteiger charge is -2.28. The molecule has 1 aromatic carbocycles. The second-order valence-electron chi connectivity index (χ2n) is 7.67. The van der Waals surface area contributed by atoms with E-state index in [1.165, 1.54) is 6.92 Å². The first-order valence-corrected chi connectivity index (χ1v) is 11.0. The fraction of sp³-hybridized carbons (Fsp3) is 0.565. The van der Waals surface area contributed by atoms with Crippen LogP contribution in [0.2, 0.25) is 5.02 Å². The second kappa shape index (κ2) is 11.4. The van der Waals surface area contributed by atoms with E-state index in [0.29, 0.717) is 11.6 Å². The summed E-state index contributed by atoms with van der Waals surface area (Å²) >= 11 is 6.00. The molecular weight excluding hydrogens is 388 g/mol. The van der Waals surface area contributed by atoms with Crippen molar-refractivity contribution in [1.29, 1.82) is 0 Å². The molecule has 0 saturated heterocycles. The topological polar surface area (TPSA) is 60.9 Å². The SMILES string of the molecule is CCCCN(CCCC)CCCN1C(=O)C(O)=C(C(C)=O)[C@H]1c1ccc(Cl)cc1. The average molecular weight is 421 g/mol. The smallest absolute Gasteiger partial charge is 0.290 e. The molecule has 1 aliphatic heterocycles. The Hall–Kier alpha value is -1.85. The van der Waals surface area contributed by atoms with Crippen molar-refractivity contribution in [3.8, 4) is 0 Å². The molecule has 1 heterocycles. The summed E-state index contributed by atoms with van der Waals surface area (Å²) < 4.78 is 0. The van der Waals surface area contributed by atoms with Gasteiger partial charge in [0.25, 0.3) is 5.91 Å². The summed E-state index contributed by atoms with van der Waals surface area (Å²) in [7, 11) is 0. The highest BCUT2D eigenvalue weighted by Gasteiger charge is 2.41. The summed E-state index contributed by atoms with van der Waals surface area (Å²) in [5.74, 6) is -1.18. The number of ketones is 1. The van der Waals surface area contributed by atoms with E-state index in [9.17, 15) is 14.7 Å². The van der Waals surface area contributed by atoms with Gasteiger partial charge in [-0.1, -0.05) is 50.4 Å². The molecule has 0 aromatic heterocycles. The molecule has 1 atom stereocenters. The minimum Gasteiger partial charge on any atom is -0.503 e. The van der Waals surface area contributed by atoms with Crippen LogP contribution in [-0.4, -0.2) is 52.8 Å². The molecule has 5 nitrogen and oxygen atoms in total. The van der Waals surface area contributed by atoms with E-state index in [1.807, 2.05) is 12.1 Å². The minimum absolute atomic E-state index is 0.172. The molecular formula is C23H33ClN2O3. The second-order valence-corrected chi connectivity index (χ2v) is 8.11. The third-order valence-electron chi connectivity index (χ3n) is 5.40. The van der Waals surface area contributed by atoms with Crippen LogP contribution in [0.5, 0.6) is 0 Å². The van der Waals surface area contributed by atoms with Crippen LogP contribution in [0, 0.1) is 0 Å². The van der Waals surface area contributed by atoms with Crippen LogP contribution in [0.15, 0.2) is 35.6 Å². The van der Waals surface area contributed by atoms with Crippen molar-refractivity contribution in [3.05, 3.63) is 46.2 Å². The van der Waals surface area contributed by atoms with Crippen LogP contribution in [0.1, 0.15) is 64.5 Å². The first-order valence-electron chi connectivity index (χ1n) is 10.6. The van der Waals surface area contributed by atoms with E-state index < -0.39 is 17.7 Å². The van der Waals surface area contributed by atoms with Crippen molar-refractivity contribution >= 4 is 23.3 Å². The molecule has 0 fully saturated rings. The number of rotatable bonds is 12. The molecule has 0 unspecified atom stereocenters. The molecule has 2 rings (SSSR count). The number of carbonyl (C=O) groups excluding carboxylic acids is 2. The lowest BCUT2D eigenvalue weighted by molar-refractivity contribution is -0.129. The zero-order valence-corrected chi connectivity index (χ0v) is 18.5. The van der Waals surface area contributed by atoms with Gasteiger partial charge in [-0.15, -0.1) is 0 Å². The van der Waals surface area contributed by atoms with E-state index in [2.05, 4.69) is 18.7 Å². The van der Waals surface area contributed by atoms with E-state index in [0.717, 1.165) is 57.3 Å². The van der Waals surface area contributed by atoms with Gasteiger partial charge in [0.2, 0.25) is 0 Å². The van der Waals surface area contributed by atoms with Gasteiger partial charge in [-0.3, -0.25) is 9.59 Å². The first-order chi connectivity index (χ1) is 13.9. The van der Waals surface area contributed by atoms with Crippen molar-refractivity contribution < 1.29 is 14.7 Å². The molecule has 0 saturated carbocycles. The van der Waals surface area contributed by atoms with Crippen molar-refractivity contribution in [2.24, 2.45) is 0 Å². The summed E-state index contributed by atoms with van der Waals surface area (Å²) in [6.07, 6.45) is 5.44. The number of unbranched alkanes of at least 4 members (excludes halogenated alkanes) is 2. The number of nitrogens with zero attached hydrogens (tertiary/aromatic N) is 2. The van der Waals surface area contributed by atoms with Crippen molar-refractivity contribution in [2.45, 2.75) is 58.9 Å². The third kappa shape index (κ3) is 6.06. The molecule has 1 amide bonds. The molecule has 1 N–H and O–H groups in total. The highest BCUT2D eigenvalue weighted by atomic mass is 35.5. The zero-order chi connectivity index (χ0) is 21.4. The Morgan fingerprint density at radius 3 is 2.14 bits per heavy atom. The van der Waals surface area contributed by atoms with E-state index in [-0.39, 0.29) is 11.4 Å². The molecule has 0 spiro atoms. The molecule has 160 valence electrons. The van der Waals surface area contributed by atoms with Crippen LogP contribution in [0.4, 0.5) is 0 Å². The lowest BCUT2D eigenvalue weighted by Crippen LogP contribution is -2.35. The van der Waals surface area contributed by atoms with Gasteiger partial charge in [-0.05, 0) is 63.5 Å². The molecule has 1 aliphatic rings. The molecule has 0 radical (unpaired) electrons. The monoisotopic (exact) mass is 420 g/mol. The van der Waals surface area contributed by atoms with Crippen LogP contribution in [-0.2, 0) is 9.59 Å². The van der Waals surface area contributed by atoms with E-state index >= 15 is 0 Å². The van der Waals surface area contributed by atoms with Crippen molar-refractivity contribution in [1.82, 2.24) is 9.80 Å². The number of benzene rings is 1. The normalized spacial score (nSPS) is 16.9. The van der Waals surface area contributed by atoms with Gasteiger partial charge in [0.1, 0.15) is 0 Å². The summed E-state index contributed by atoms with van der Waals surface area (Å²) in [4.78, 5) is 29.0. The highest BCUT2D eigenvalue weighted by molar-refractivity contribution is 6.30. The Bertz CT molecular complexity index is 722. The zero-order valence-electron chi connectivity index (χ0n) is 17.8. The predicted molar refractivity (Wildman–Crippen MR) is 117 cm³/mol. The van der Waals surface area contributed by atoms with Gasteiger partial charge in [0.05, 0.1) is 11.6 Å². The fourth-order valence-corrected chi connectivity index (χ4v) is 3.92. The average Bonchev–Trinajstić information content (AvgIpc) is 2.95. The number of aliphatic hydroxyl groups is 1. The molecule has 1 aromatic rings. The number of Topliss-reactive ketones (excluding diaryl/α,β-unsaturated/α-hetero) is 1. The quantitative estimate of drug-likeness (QED) is 0.521. The molecule has 0 bridgehead atoms. The number of halogens is 1. The van der Waals surface area contributed by atoms with Crippen LogP contribution < -0.4 is 0 Å². The molecule has 29 heavy (non-hydrogen) atoms. The summed E-state index contributed by atoms with van der Waals surface area (Å²) in [5, 5.41) is 10.9.